The predicted molar refractivity (Wildman–Crippen MR) is 94.7 cm³/mol. The minimum absolute atomic E-state index is 0.265. The number of benzene rings is 1. The van der Waals surface area contributed by atoms with Crippen molar-refractivity contribution in [2.24, 2.45) is 0 Å². The van der Waals surface area contributed by atoms with Crippen LogP contribution in [0.1, 0.15) is 12.5 Å². The zero-order valence-corrected chi connectivity index (χ0v) is 16.2. The van der Waals surface area contributed by atoms with Gasteiger partial charge in [0.05, 0.1) is 6.61 Å². The van der Waals surface area contributed by atoms with Crippen LogP contribution in [0.2, 0.25) is 0 Å². The van der Waals surface area contributed by atoms with Gasteiger partial charge in [0.25, 0.3) is 10.2 Å². The molecule has 7 nitrogen and oxygen atoms in total. The molecule has 0 spiro atoms. The van der Waals surface area contributed by atoms with E-state index < -0.39 is 16.3 Å². The van der Waals surface area contributed by atoms with E-state index in [0.717, 1.165) is 10.0 Å². The summed E-state index contributed by atoms with van der Waals surface area (Å²) < 4.78 is 34.0. The van der Waals surface area contributed by atoms with Crippen LogP contribution in [0, 0.1) is 0 Å². The van der Waals surface area contributed by atoms with Crippen molar-refractivity contribution in [3.05, 3.63) is 34.3 Å². The summed E-state index contributed by atoms with van der Waals surface area (Å²) in [7, 11) is -2.01. The molecule has 1 aliphatic heterocycles. The van der Waals surface area contributed by atoms with Crippen LogP contribution in [-0.4, -0.2) is 67.9 Å². The Hall–Kier alpha value is -1.16. The van der Waals surface area contributed by atoms with Crippen molar-refractivity contribution >= 4 is 32.2 Å². The number of halogens is 1. The molecule has 0 bridgehead atoms. The first-order valence-corrected chi connectivity index (χ1v) is 9.91. The van der Waals surface area contributed by atoms with Gasteiger partial charge in [-0.05, 0) is 18.6 Å². The summed E-state index contributed by atoms with van der Waals surface area (Å²) >= 11 is 3.43. The molecule has 1 saturated heterocycles. The fraction of sp³-hybridized carbons (Fsp3) is 0.533. The molecule has 2 rings (SSSR count). The average molecular weight is 420 g/mol. The van der Waals surface area contributed by atoms with Gasteiger partial charge in [-0.15, -0.1) is 0 Å². The van der Waals surface area contributed by atoms with Gasteiger partial charge in [0, 0.05) is 44.2 Å². The van der Waals surface area contributed by atoms with Crippen molar-refractivity contribution in [3.63, 3.8) is 0 Å². The molecule has 24 heavy (non-hydrogen) atoms. The molecule has 0 aromatic heterocycles. The first-order chi connectivity index (χ1) is 11.4. The molecule has 0 N–H and O–H groups in total. The highest BCUT2D eigenvalue weighted by atomic mass is 79.9. The Morgan fingerprint density at radius 1 is 1.25 bits per heavy atom. The largest absolute Gasteiger partial charge is 0.450 e. The van der Waals surface area contributed by atoms with E-state index in [-0.39, 0.29) is 19.6 Å². The quantitative estimate of drug-likeness (QED) is 0.730. The van der Waals surface area contributed by atoms with E-state index >= 15 is 0 Å². The summed E-state index contributed by atoms with van der Waals surface area (Å²) in [5.41, 5.74) is 0.897. The number of carbonyl (C=O) groups is 1. The monoisotopic (exact) mass is 419 g/mol. The normalized spacial score (nSPS) is 16.4. The summed E-state index contributed by atoms with van der Waals surface area (Å²) in [5, 5.41) is 0. The predicted octanol–water partition coefficient (Wildman–Crippen LogP) is 1.90. The lowest BCUT2D eigenvalue weighted by atomic mass is 10.2. The zero-order chi connectivity index (χ0) is 17.7. The number of ether oxygens (including phenoxy) is 1. The molecule has 0 aliphatic carbocycles. The molecule has 0 radical (unpaired) electrons. The second kappa shape index (κ2) is 8.28. The van der Waals surface area contributed by atoms with Crippen molar-refractivity contribution < 1.29 is 17.9 Å². The molecule has 1 heterocycles. The van der Waals surface area contributed by atoms with Crippen LogP contribution in [0.15, 0.2) is 28.7 Å². The Balaban J connectivity index is 1.98. The lowest BCUT2D eigenvalue weighted by Crippen LogP contribution is -2.53. The number of rotatable bonds is 5. The Morgan fingerprint density at radius 2 is 1.88 bits per heavy atom. The third-order valence-corrected chi connectivity index (χ3v) is 6.54. The number of piperazine rings is 1. The van der Waals surface area contributed by atoms with E-state index in [2.05, 4.69) is 15.9 Å². The Bertz CT molecular complexity index is 675. The second-order valence-corrected chi connectivity index (χ2v) is 8.33. The van der Waals surface area contributed by atoms with Crippen LogP contribution in [0.25, 0.3) is 0 Å². The highest BCUT2D eigenvalue weighted by Crippen LogP contribution is 2.20. The van der Waals surface area contributed by atoms with Gasteiger partial charge < -0.3 is 9.64 Å². The molecule has 9 heteroatoms. The average Bonchev–Trinajstić information content (AvgIpc) is 2.57. The molecule has 1 aromatic rings. The summed E-state index contributed by atoms with van der Waals surface area (Å²) in [6, 6.07) is 7.53. The molecular formula is C15H22BrN3O4S. The molecule has 134 valence electrons. The Kier molecular flexibility index (Phi) is 6.62. The number of amides is 1. The minimum atomic E-state index is -3.57. The lowest BCUT2D eigenvalue weighted by Gasteiger charge is -2.35. The first kappa shape index (κ1) is 19.2. The van der Waals surface area contributed by atoms with E-state index in [0.29, 0.717) is 19.7 Å². The van der Waals surface area contributed by atoms with Crippen LogP contribution in [0.3, 0.4) is 0 Å². The maximum absolute atomic E-state index is 12.7. The third kappa shape index (κ3) is 4.47. The fourth-order valence-corrected chi connectivity index (χ4v) is 4.19. The minimum Gasteiger partial charge on any atom is -0.450 e. The van der Waals surface area contributed by atoms with Gasteiger partial charge in [0.15, 0.2) is 0 Å². The summed E-state index contributed by atoms with van der Waals surface area (Å²) in [4.78, 5) is 13.2. The highest BCUT2D eigenvalue weighted by Gasteiger charge is 2.32. The number of hydrogen-bond acceptors (Lipinski definition) is 4. The maximum atomic E-state index is 12.7. The van der Waals surface area contributed by atoms with E-state index in [1.54, 1.807) is 14.0 Å². The van der Waals surface area contributed by atoms with E-state index in [1.165, 1.54) is 13.5 Å². The van der Waals surface area contributed by atoms with Gasteiger partial charge in [0.2, 0.25) is 0 Å². The molecule has 1 fully saturated rings. The van der Waals surface area contributed by atoms with Gasteiger partial charge in [0.1, 0.15) is 0 Å². The van der Waals surface area contributed by atoms with Crippen LogP contribution < -0.4 is 0 Å². The van der Waals surface area contributed by atoms with Crippen LogP contribution in [0.4, 0.5) is 4.79 Å². The SMILES string of the molecule is CCOC(=O)N1CCN(S(=O)(=O)N(C)Cc2ccccc2Br)CC1. The summed E-state index contributed by atoms with van der Waals surface area (Å²) in [6.45, 7) is 3.54. The topological polar surface area (TPSA) is 70.2 Å². The third-order valence-electron chi connectivity index (χ3n) is 3.84. The van der Waals surface area contributed by atoms with Crippen molar-refractivity contribution in [3.8, 4) is 0 Å². The zero-order valence-electron chi connectivity index (χ0n) is 13.8. The van der Waals surface area contributed by atoms with Crippen molar-refractivity contribution in [1.29, 1.82) is 0 Å². The molecule has 0 saturated carbocycles. The number of nitrogens with zero attached hydrogens (tertiary/aromatic N) is 3. The molecule has 1 aromatic carbocycles. The number of hydrogen-bond donors (Lipinski definition) is 0. The lowest BCUT2D eigenvalue weighted by molar-refractivity contribution is 0.0925. The van der Waals surface area contributed by atoms with Crippen LogP contribution >= 0.6 is 15.9 Å². The standard InChI is InChI=1S/C15H22BrN3O4S/c1-3-23-15(20)18-8-10-19(11-9-18)24(21,22)17(2)12-13-6-4-5-7-14(13)16/h4-7H,3,8-12H2,1-2H3. The Labute approximate surface area is 151 Å². The molecule has 1 amide bonds. The number of carbonyl (C=O) groups excluding carboxylic acids is 1. The molecule has 0 unspecified atom stereocenters. The fourth-order valence-electron chi connectivity index (χ4n) is 2.46. The maximum Gasteiger partial charge on any atom is 0.409 e. The van der Waals surface area contributed by atoms with Gasteiger partial charge in [-0.2, -0.15) is 17.0 Å². The Morgan fingerprint density at radius 3 is 2.46 bits per heavy atom. The highest BCUT2D eigenvalue weighted by molar-refractivity contribution is 9.10. The second-order valence-electron chi connectivity index (χ2n) is 5.44. The van der Waals surface area contributed by atoms with Crippen molar-refractivity contribution in [2.45, 2.75) is 13.5 Å². The van der Waals surface area contributed by atoms with Gasteiger partial charge >= 0.3 is 6.09 Å². The van der Waals surface area contributed by atoms with E-state index in [9.17, 15) is 13.2 Å². The summed E-state index contributed by atoms with van der Waals surface area (Å²) in [5.74, 6) is 0. The van der Waals surface area contributed by atoms with Crippen molar-refractivity contribution in [2.75, 3.05) is 39.8 Å². The molecule has 0 atom stereocenters. The smallest absolute Gasteiger partial charge is 0.409 e. The van der Waals surface area contributed by atoms with Gasteiger partial charge in [-0.25, -0.2) is 4.79 Å². The van der Waals surface area contributed by atoms with E-state index in [4.69, 9.17) is 4.74 Å². The van der Waals surface area contributed by atoms with Crippen LogP contribution in [0.5, 0.6) is 0 Å². The molecule has 1 aliphatic rings. The molecular weight excluding hydrogens is 398 g/mol. The van der Waals surface area contributed by atoms with Crippen LogP contribution in [-0.2, 0) is 21.5 Å². The van der Waals surface area contributed by atoms with E-state index in [1.807, 2.05) is 24.3 Å². The van der Waals surface area contributed by atoms with Crippen molar-refractivity contribution in [1.82, 2.24) is 13.5 Å². The first-order valence-electron chi connectivity index (χ1n) is 7.72. The summed E-state index contributed by atoms with van der Waals surface area (Å²) in [6.07, 6.45) is -0.392. The van der Waals surface area contributed by atoms with Gasteiger partial charge in [-0.3, -0.25) is 0 Å². The van der Waals surface area contributed by atoms with Gasteiger partial charge in [-0.1, -0.05) is 34.1 Å².